The molecule has 0 saturated carbocycles. The Kier molecular flexibility index (Phi) is 2.68. The first-order chi connectivity index (χ1) is 8.38. The Hall–Kier alpha value is -1.62. The molecule has 0 bridgehead atoms. The molecule has 17 heavy (non-hydrogen) atoms. The molecule has 5 heteroatoms. The number of piperazine rings is 1. The molecule has 0 amide bonds. The van der Waals surface area contributed by atoms with Crippen LogP contribution in [0.3, 0.4) is 0 Å². The van der Waals surface area contributed by atoms with Crippen LogP contribution in [0, 0.1) is 4.91 Å². The first-order valence-electron chi connectivity index (χ1n) is 5.68. The van der Waals surface area contributed by atoms with E-state index in [2.05, 4.69) is 39.8 Å². The van der Waals surface area contributed by atoms with Crippen LogP contribution in [0.1, 0.15) is 0 Å². The molecule has 0 atom stereocenters. The molecule has 1 fully saturated rings. The van der Waals surface area contributed by atoms with Gasteiger partial charge in [0.25, 0.3) is 0 Å². The van der Waals surface area contributed by atoms with E-state index in [0.29, 0.717) is 13.1 Å². The molecular weight excluding hydrogens is 234 g/mol. The van der Waals surface area contributed by atoms with Gasteiger partial charge in [-0.3, -0.25) is 5.01 Å². The van der Waals surface area contributed by atoms with E-state index in [-0.39, 0.29) is 0 Å². The van der Waals surface area contributed by atoms with Gasteiger partial charge in [-0.05, 0) is 23.6 Å². The van der Waals surface area contributed by atoms with Crippen LogP contribution in [0.25, 0.3) is 10.1 Å². The Balaban J connectivity index is 1.89. The van der Waals surface area contributed by atoms with Crippen molar-refractivity contribution >= 4 is 27.1 Å². The summed E-state index contributed by atoms with van der Waals surface area (Å²) >= 11 is 1.76. The SMILES string of the molecule is O=NN1CCN(c2cccc3sccc23)CC1. The van der Waals surface area contributed by atoms with Gasteiger partial charge < -0.3 is 4.90 Å². The highest BCUT2D eigenvalue weighted by Gasteiger charge is 2.18. The number of hydrogen-bond donors (Lipinski definition) is 0. The van der Waals surface area contributed by atoms with E-state index >= 15 is 0 Å². The highest BCUT2D eigenvalue weighted by molar-refractivity contribution is 7.17. The van der Waals surface area contributed by atoms with Crippen molar-refractivity contribution in [2.24, 2.45) is 5.29 Å². The van der Waals surface area contributed by atoms with Crippen molar-refractivity contribution in [3.8, 4) is 0 Å². The average molecular weight is 247 g/mol. The van der Waals surface area contributed by atoms with Crippen LogP contribution in [-0.2, 0) is 0 Å². The van der Waals surface area contributed by atoms with Gasteiger partial charge in [0.15, 0.2) is 0 Å². The lowest BCUT2D eigenvalue weighted by molar-refractivity contribution is 0.267. The summed E-state index contributed by atoms with van der Waals surface area (Å²) in [5, 5.41) is 8.01. The molecule has 4 nitrogen and oxygen atoms in total. The van der Waals surface area contributed by atoms with Gasteiger partial charge in [-0.25, -0.2) is 0 Å². The van der Waals surface area contributed by atoms with Gasteiger partial charge in [-0.1, -0.05) is 6.07 Å². The van der Waals surface area contributed by atoms with Crippen LogP contribution in [0.2, 0.25) is 0 Å². The number of anilines is 1. The summed E-state index contributed by atoms with van der Waals surface area (Å²) in [6.07, 6.45) is 0. The van der Waals surface area contributed by atoms with Crippen molar-refractivity contribution in [2.75, 3.05) is 31.1 Å². The Bertz CT molecular complexity index is 531. The molecule has 0 unspecified atom stereocenters. The van der Waals surface area contributed by atoms with E-state index < -0.39 is 0 Å². The number of fused-ring (bicyclic) bond motifs is 1. The van der Waals surface area contributed by atoms with Crippen molar-refractivity contribution in [1.82, 2.24) is 5.01 Å². The summed E-state index contributed by atoms with van der Waals surface area (Å²) in [5.74, 6) is 0. The quantitative estimate of drug-likeness (QED) is 0.765. The Morgan fingerprint density at radius 3 is 2.71 bits per heavy atom. The van der Waals surface area contributed by atoms with E-state index in [4.69, 9.17) is 0 Å². The maximum Gasteiger partial charge on any atom is 0.0568 e. The van der Waals surface area contributed by atoms with E-state index in [1.165, 1.54) is 15.8 Å². The zero-order chi connectivity index (χ0) is 11.7. The molecule has 1 aromatic carbocycles. The van der Waals surface area contributed by atoms with Crippen LogP contribution in [0.15, 0.2) is 34.9 Å². The Labute approximate surface area is 103 Å². The monoisotopic (exact) mass is 247 g/mol. The van der Waals surface area contributed by atoms with Crippen molar-refractivity contribution < 1.29 is 0 Å². The van der Waals surface area contributed by atoms with Crippen molar-refractivity contribution in [3.63, 3.8) is 0 Å². The third-order valence-electron chi connectivity index (χ3n) is 3.19. The van der Waals surface area contributed by atoms with Crippen LogP contribution in [-0.4, -0.2) is 31.2 Å². The molecule has 2 aromatic rings. The third kappa shape index (κ3) is 1.86. The Morgan fingerprint density at radius 1 is 1.12 bits per heavy atom. The van der Waals surface area contributed by atoms with E-state index in [1.54, 1.807) is 16.3 Å². The standard InChI is InChI=1S/C12H13N3OS/c16-13-15-7-5-14(6-8-15)11-2-1-3-12-10(11)4-9-17-12/h1-4,9H,5-8H2. The van der Waals surface area contributed by atoms with Gasteiger partial charge in [0, 0.05) is 28.9 Å². The van der Waals surface area contributed by atoms with Gasteiger partial charge in [0.05, 0.1) is 18.4 Å². The van der Waals surface area contributed by atoms with Crippen LogP contribution in [0.4, 0.5) is 5.69 Å². The predicted molar refractivity (Wildman–Crippen MR) is 71.4 cm³/mol. The molecule has 1 aromatic heterocycles. The van der Waals surface area contributed by atoms with E-state index in [1.807, 2.05) is 0 Å². The van der Waals surface area contributed by atoms with Gasteiger partial charge in [0.2, 0.25) is 0 Å². The maximum atomic E-state index is 10.4. The lowest BCUT2D eigenvalue weighted by atomic mass is 10.2. The summed E-state index contributed by atoms with van der Waals surface area (Å²) in [6, 6.07) is 8.56. The molecule has 0 spiro atoms. The average Bonchev–Trinajstić information content (AvgIpc) is 2.87. The zero-order valence-corrected chi connectivity index (χ0v) is 10.2. The van der Waals surface area contributed by atoms with Crippen LogP contribution >= 0.6 is 11.3 Å². The molecular formula is C12H13N3OS. The number of benzene rings is 1. The lowest BCUT2D eigenvalue weighted by Gasteiger charge is -2.33. The summed E-state index contributed by atoms with van der Waals surface area (Å²) in [6.45, 7) is 3.15. The minimum atomic E-state index is 0.712. The van der Waals surface area contributed by atoms with E-state index in [9.17, 15) is 4.91 Å². The third-order valence-corrected chi connectivity index (χ3v) is 4.07. The van der Waals surface area contributed by atoms with Gasteiger partial charge in [-0.15, -0.1) is 16.2 Å². The molecule has 1 aliphatic heterocycles. The molecule has 1 aliphatic rings. The molecule has 88 valence electrons. The topological polar surface area (TPSA) is 35.9 Å². The highest BCUT2D eigenvalue weighted by atomic mass is 32.1. The molecule has 2 heterocycles. The number of hydrogen-bond acceptors (Lipinski definition) is 4. The van der Waals surface area contributed by atoms with Gasteiger partial charge >= 0.3 is 0 Å². The lowest BCUT2D eigenvalue weighted by Crippen LogP contribution is -2.43. The summed E-state index contributed by atoms with van der Waals surface area (Å²) in [5.41, 5.74) is 1.27. The smallest absolute Gasteiger partial charge is 0.0568 e. The van der Waals surface area contributed by atoms with Crippen molar-refractivity contribution in [3.05, 3.63) is 34.6 Å². The predicted octanol–water partition coefficient (Wildman–Crippen LogP) is 2.70. The normalized spacial score (nSPS) is 16.5. The number of nitrogens with zero attached hydrogens (tertiary/aromatic N) is 3. The Morgan fingerprint density at radius 2 is 1.94 bits per heavy atom. The molecule has 1 saturated heterocycles. The first-order valence-corrected chi connectivity index (χ1v) is 6.56. The van der Waals surface area contributed by atoms with Crippen molar-refractivity contribution in [2.45, 2.75) is 0 Å². The molecule has 0 N–H and O–H groups in total. The summed E-state index contributed by atoms with van der Waals surface area (Å²) < 4.78 is 1.32. The summed E-state index contributed by atoms with van der Waals surface area (Å²) in [4.78, 5) is 12.8. The van der Waals surface area contributed by atoms with Gasteiger partial charge in [-0.2, -0.15) is 0 Å². The first kappa shape index (κ1) is 10.5. The fourth-order valence-electron chi connectivity index (χ4n) is 2.27. The van der Waals surface area contributed by atoms with Crippen LogP contribution < -0.4 is 4.90 Å². The minimum Gasteiger partial charge on any atom is -0.367 e. The minimum absolute atomic E-state index is 0.712. The fourth-order valence-corrected chi connectivity index (χ4v) is 3.08. The van der Waals surface area contributed by atoms with E-state index in [0.717, 1.165) is 13.1 Å². The van der Waals surface area contributed by atoms with Gasteiger partial charge in [0.1, 0.15) is 0 Å². The van der Waals surface area contributed by atoms with Crippen molar-refractivity contribution in [1.29, 1.82) is 0 Å². The zero-order valence-electron chi connectivity index (χ0n) is 9.37. The molecule has 0 aliphatic carbocycles. The second-order valence-electron chi connectivity index (χ2n) is 4.13. The number of rotatable bonds is 2. The summed E-state index contributed by atoms with van der Waals surface area (Å²) in [7, 11) is 0. The second kappa shape index (κ2) is 4.33. The number of nitroso groups, excluding NO2 is 1. The largest absolute Gasteiger partial charge is 0.367 e. The second-order valence-corrected chi connectivity index (χ2v) is 5.08. The fraction of sp³-hybridized carbons (Fsp3) is 0.333. The maximum absolute atomic E-state index is 10.4. The molecule has 3 rings (SSSR count). The highest BCUT2D eigenvalue weighted by Crippen LogP contribution is 2.30. The van der Waals surface area contributed by atoms with Crippen LogP contribution in [0.5, 0.6) is 0 Å². The number of thiophene rings is 1. The molecule has 0 radical (unpaired) electrons.